The molecular weight excluding hydrogens is 249 g/mol. The van der Waals surface area contributed by atoms with Gasteiger partial charge < -0.3 is 10.8 Å². The minimum Gasteiger partial charge on any atom is -0.388 e. The zero-order valence-corrected chi connectivity index (χ0v) is 11.0. The normalized spacial score (nSPS) is 14.4. The number of halogens is 1. The lowest BCUT2D eigenvalue weighted by molar-refractivity contribution is 0.147. The molecule has 4 heteroatoms. The summed E-state index contributed by atoms with van der Waals surface area (Å²) < 4.78 is 13.3. The van der Waals surface area contributed by atoms with Gasteiger partial charge in [-0.25, -0.2) is 4.39 Å². The largest absolute Gasteiger partial charge is 0.388 e. The number of aryl methyl sites for hydroxylation is 1. The molecule has 0 amide bonds. The molecule has 0 saturated carbocycles. The lowest BCUT2D eigenvalue weighted by atomic mass is 9.91. The molecule has 1 aromatic heterocycles. The van der Waals surface area contributed by atoms with Crippen LogP contribution in [-0.2, 0) is 0 Å². The lowest BCUT2D eigenvalue weighted by Gasteiger charge is -2.22. The van der Waals surface area contributed by atoms with Gasteiger partial charge in [0.1, 0.15) is 5.82 Å². The van der Waals surface area contributed by atoms with Gasteiger partial charge >= 0.3 is 0 Å². The van der Waals surface area contributed by atoms with E-state index in [1.165, 1.54) is 12.1 Å². The molecule has 0 saturated heterocycles. The summed E-state index contributed by atoms with van der Waals surface area (Å²) in [5.74, 6) is -0.526. The standard InChI is InChI=1S/C14H16FNOS/c1-9-4-5-10(15)7-11(9)14(17)12(8-16)13-3-2-6-18-13/h2-7,12,14,17H,8,16H2,1H3. The van der Waals surface area contributed by atoms with Crippen LogP contribution < -0.4 is 5.73 Å². The summed E-state index contributed by atoms with van der Waals surface area (Å²) in [4.78, 5) is 1.02. The topological polar surface area (TPSA) is 46.2 Å². The SMILES string of the molecule is Cc1ccc(F)cc1C(O)C(CN)c1cccs1. The molecule has 2 rings (SSSR count). The number of aliphatic hydroxyl groups is 1. The lowest BCUT2D eigenvalue weighted by Crippen LogP contribution is -2.20. The average molecular weight is 265 g/mol. The van der Waals surface area contributed by atoms with Gasteiger partial charge in [-0.05, 0) is 41.6 Å². The van der Waals surface area contributed by atoms with Crippen molar-refractivity contribution in [3.05, 3.63) is 57.5 Å². The molecule has 0 aliphatic carbocycles. The highest BCUT2D eigenvalue weighted by Gasteiger charge is 2.23. The van der Waals surface area contributed by atoms with E-state index >= 15 is 0 Å². The maximum Gasteiger partial charge on any atom is 0.123 e. The molecule has 2 unspecified atom stereocenters. The Labute approximate surface area is 110 Å². The third-order valence-corrected chi connectivity index (χ3v) is 4.11. The summed E-state index contributed by atoms with van der Waals surface area (Å²) in [5.41, 5.74) is 7.23. The fraction of sp³-hybridized carbons (Fsp3) is 0.286. The summed E-state index contributed by atoms with van der Waals surface area (Å²) >= 11 is 1.55. The van der Waals surface area contributed by atoms with E-state index in [1.54, 1.807) is 17.4 Å². The summed E-state index contributed by atoms with van der Waals surface area (Å²) in [5, 5.41) is 12.4. The summed E-state index contributed by atoms with van der Waals surface area (Å²) in [6.07, 6.45) is -0.774. The molecule has 0 fully saturated rings. The van der Waals surface area contributed by atoms with Crippen LogP contribution >= 0.6 is 11.3 Å². The van der Waals surface area contributed by atoms with E-state index in [0.717, 1.165) is 10.4 Å². The van der Waals surface area contributed by atoms with Gasteiger partial charge in [0.25, 0.3) is 0 Å². The van der Waals surface area contributed by atoms with Crippen molar-refractivity contribution in [2.24, 2.45) is 5.73 Å². The Balaban J connectivity index is 2.34. The monoisotopic (exact) mass is 265 g/mol. The maximum absolute atomic E-state index is 13.3. The zero-order chi connectivity index (χ0) is 13.1. The smallest absolute Gasteiger partial charge is 0.123 e. The van der Waals surface area contributed by atoms with Gasteiger partial charge in [0.15, 0.2) is 0 Å². The molecule has 0 aliphatic rings. The number of aliphatic hydroxyl groups excluding tert-OH is 1. The van der Waals surface area contributed by atoms with E-state index in [2.05, 4.69) is 0 Å². The van der Waals surface area contributed by atoms with Crippen molar-refractivity contribution in [2.75, 3.05) is 6.54 Å². The highest BCUT2D eigenvalue weighted by Crippen LogP contribution is 2.34. The molecule has 0 spiro atoms. The number of nitrogens with two attached hydrogens (primary N) is 1. The minimum absolute atomic E-state index is 0.189. The van der Waals surface area contributed by atoms with Crippen LogP contribution in [0.4, 0.5) is 4.39 Å². The minimum atomic E-state index is -0.774. The summed E-state index contributed by atoms with van der Waals surface area (Å²) in [6, 6.07) is 8.33. The molecule has 0 radical (unpaired) electrons. The van der Waals surface area contributed by atoms with Crippen molar-refractivity contribution in [1.82, 2.24) is 0 Å². The second-order valence-electron chi connectivity index (χ2n) is 4.30. The van der Waals surface area contributed by atoms with Crippen LogP contribution in [-0.4, -0.2) is 11.7 Å². The number of benzene rings is 1. The van der Waals surface area contributed by atoms with Crippen LogP contribution in [0.15, 0.2) is 35.7 Å². The van der Waals surface area contributed by atoms with Gasteiger partial charge in [0.2, 0.25) is 0 Å². The van der Waals surface area contributed by atoms with Gasteiger partial charge in [0, 0.05) is 17.3 Å². The molecule has 3 N–H and O–H groups in total. The number of hydrogen-bond donors (Lipinski definition) is 2. The molecule has 2 atom stereocenters. The van der Waals surface area contributed by atoms with Gasteiger partial charge in [0.05, 0.1) is 6.10 Å². The van der Waals surface area contributed by atoms with Gasteiger partial charge in [-0.2, -0.15) is 0 Å². The molecule has 1 aromatic carbocycles. The molecule has 0 bridgehead atoms. The molecule has 0 aliphatic heterocycles. The summed E-state index contributed by atoms with van der Waals surface area (Å²) in [6.45, 7) is 2.19. The third-order valence-electron chi connectivity index (χ3n) is 3.10. The van der Waals surface area contributed by atoms with Crippen LogP contribution in [0.1, 0.15) is 28.0 Å². The fourth-order valence-corrected chi connectivity index (χ4v) is 2.92. The van der Waals surface area contributed by atoms with E-state index in [9.17, 15) is 9.50 Å². The van der Waals surface area contributed by atoms with Crippen LogP contribution in [0.2, 0.25) is 0 Å². The van der Waals surface area contributed by atoms with Crippen LogP contribution in [0, 0.1) is 12.7 Å². The molecular formula is C14H16FNOS. The van der Waals surface area contributed by atoms with Crippen molar-refractivity contribution >= 4 is 11.3 Å². The molecule has 18 heavy (non-hydrogen) atoms. The van der Waals surface area contributed by atoms with Crippen molar-refractivity contribution in [2.45, 2.75) is 18.9 Å². The van der Waals surface area contributed by atoms with Gasteiger partial charge in [-0.15, -0.1) is 11.3 Å². The first-order chi connectivity index (χ1) is 8.63. The van der Waals surface area contributed by atoms with Gasteiger partial charge in [-0.1, -0.05) is 12.1 Å². The van der Waals surface area contributed by atoms with Crippen molar-refractivity contribution < 1.29 is 9.50 Å². The van der Waals surface area contributed by atoms with Crippen LogP contribution in [0.5, 0.6) is 0 Å². The summed E-state index contributed by atoms with van der Waals surface area (Å²) in [7, 11) is 0. The van der Waals surface area contributed by atoms with E-state index in [0.29, 0.717) is 12.1 Å². The number of thiophene rings is 1. The predicted octanol–water partition coefficient (Wildman–Crippen LogP) is 2.97. The first-order valence-electron chi connectivity index (χ1n) is 5.81. The van der Waals surface area contributed by atoms with E-state index in [4.69, 9.17) is 5.73 Å². The first-order valence-corrected chi connectivity index (χ1v) is 6.69. The van der Waals surface area contributed by atoms with Crippen LogP contribution in [0.3, 0.4) is 0 Å². The number of hydrogen-bond acceptors (Lipinski definition) is 3. The van der Waals surface area contributed by atoms with E-state index in [-0.39, 0.29) is 11.7 Å². The Hall–Kier alpha value is -1.23. The molecule has 2 nitrogen and oxygen atoms in total. The van der Waals surface area contributed by atoms with Crippen LogP contribution in [0.25, 0.3) is 0 Å². The molecule has 96 valence electrons. The quantitative estimate of drug-likeness (QED) is 0.892. The van der Waals surface area contributed by atoms with Crippen molar-refractivity contribution in [3.8, 4) is 0 Å². The Kier molecular flexibility index (Phi) is 4.11. The molecule has 2 aromatic rings. The Morgan fingerprint density at radius 2 is 2.17 bits per heavy atom. The number of rotatable bonds is 4. The van der Waals surface area contributed by atoms with Crippen molar-refractivity contribution in [1.29, 1.82) is 0 Å². The van der Waals surface area contributed by atoms with Crippen molar-refractivity contribution in [3.63, 3.8) is 0 Å². The average Bonchev–Trinajstić information content (AvgIpc) is 2.87. The highest BCUT2D eigenvalue weighted by molar-refractivity contribution is 7.10. The second-order valence-corrected chi connectivity index (χ2v) is 5.28. The Morgan fingerprint density at radius 3 is 2.78 bits per heavy atom. The Bertz CT molecular complexity index is 513. The predicted molar refractivity (Wildman–Crippen MR) is 72.2 cm³/mol. The fourth-order valence-electron chi connectivity index (χ4n) is 2.05. The third kappa shape index (κ3) is 2.61. The second kappa shape index (κ2) is 5.61. The zero-order valence-electron chi connectivity index (χ0n) is 10.1. The highest BCUT2D eigenvalue weighted by atomic mass is 32.1. The first kappa shape index (κ1) is 13.2. The van der Waals surface area contributed by atoms with Gasteiger partial charge in [-0.3, -0.25) is 0 Å². The maximum atomic E-state index is 13.3. The Morgan fingerprint density at radius 1 is 1.39 bits per heavy atom. The van der Waals surface area contributed by atoms with E-state index < -0.39 is 6.10 Å². The van der Waals surface area contributed by atoms with E-state index in [1.807, 2.05) is 24.4 Å². The molecule has 1 heterocycles.